The van der Waals surface area contributed by atoms with E-state index in [0.717, 1.165) is 0 Å². The second-order valence-electron chi connectivity index (χ2n) is 6.30. The number of hydrogen-bond acceptors (Lipinski definition) is 2. The van der Waals surface area contributed by atoms with E-state index in [0.29, 0.717) is 13.0 Å². The molecule has 1 aliphatic rings. The van der Waals surface area contributed by atoms with E-state index in [-0.39, 0.29) is 22.9 Å². The Morgan fingerprint density at radius 1 is 1.22 bits per heavy atom. The van der Waals surface area contributed by atoms with Crippen LogP contribution in [0.2, 0.25) is 0 Å². The van der Waals surface area contributed by atoms with E-state index >= 15 is 0 Å². The molecule has 0 heterocycles. The molecule has 18 heavy (non-hydrogen) atoms. The summed E-state index contributed by atoms with van der Waals surface area (Å²) in [5, 5.41) is 14.4. The van der Waals surface area contributed by atoms with Gasteiger partial charge in [0.2, 0.25) is 0 Å². The van der Waals surface area contributed by atoms with Crippen molar-refractivity contribution in [1.29, 1.82) is 0 Å². The molecular formula is C13H24N2O3. The predicted octanol–water partition coefficient (Wildman–Crippen LogP) is 1.83. The predicted molar refractivity (Wildman–Crippen MR) is 69.3 cm³/mol. The van der Waals surface area contributed by atoms with Crippen LogP contribution in [0.3, 0.4) is 0 Å². The minimum Gasteiger partial charge on any atom is -0.481 e. The zero-order chi connectivity index (χ0) is 14.1. The first kappa shape index (κ1) is 14.8. The molecule has 5 nitrogen and oxygen atoms in total. The van der Waals surface area contributed by atoms with Gasteiger partial charge in [-0.25, -0.2) is 4.79 Å². The largest absolute Gasteiger partial charge is 0.481 e. The maximum atomic E-state index is 11.7. The zero-order valence-corrected chi connectivity index (χ0v) is 11.8. The van der Waals surface area contributed by atoms with Gasteiger partial charge in [-0.15, -0.1) is 0 Å². The van der Waals surface area contributed by atoms with Crippen LogP contribution in [0.4, 0.5) is 4.79 Å². The molecule has 1 aliphatic carbocycles. The Morgan fingerprint density at radius 3 is 2.11 bits per heavy atom. The number of hydrogen-bond donors (Lipinski definition) is 3. The monoisotopic (exact) mass is 256 g/mol. The Kier molecular flexibility index (Phi) is 3.93. The van der Waals surface area contributed by atoms with Gasteiger partial charge in [-0.1, -0.05) is 34.6 Å². The van der Waals surface area contributed by atoms with Crippen LogP contribution >= 0.6 is 0 Å². The van der Waals surface area contributed by atoms with Crippen LogP contribution in [0, 0.1) is 16.7 Å². The van der Waals surface area contributed by atoms with Crippen molar-refractivity contribution in [1.82, 2.24) is 10.6 Å². The smallest absolute Gasteiger partial charge is 0.315 e. The molecule has 1 rings (SSSR count). The van der Waals surface area contributed by atoms with Gasteiger partial charge in [0.05, 0.1) is 5.92 Å². The Balaban J connectivity index is 2.26. The van der Waals surface area contributed by atoms with Crippen molar-refractivity contribution >= 4 is 12.0 Å². The third kappa shape index (κ3) is 2.76. The molecule has 0 aromatic rings. The summed E-state index contributed by atoms with van der Waals surface area (Å²) in [4.78, 5) is 22.3. The molecule has 0 aromatic heterocycles. The van der Waals surface area contributed by atoms with Crippen LogP contribution < -0.4 is 10.6 Å². The van der Waals surface area contributed by atoms with Gasteiger partial charge in [-0.2, -0.15) is 0 Å². The fourth-order valence-corrected chi connectivity index (χ4v) is 2.27. The molecular weight excluding hydrogens is 232 g/mol. The molecule has 2 amide bonds. The summed E-state index contributed by atoms with van der Waals surface area (Å²) in [6.45, 7) is 10.5. The van der Waals surface area contributed by atoms with Gasteiger partial charge >= 0.3 is 12.0 Å². The van der Waals surface area contributed by atoms with Crippen LogP contribution in [0.1, 0.15) is 41.0 Å². The Hall–Kier alpha value is -1.26. The Labute approximate surface area is 108 Å². The zero-order valence-electron chi connectivity index (χ0n) is 11.8. The molecule has 3 N–H and O–H groups in total. The van der Waals surface area contributed by atoms with E-state index < -0.39 is 11.9 Å². The number of aliphatic carboxylic acids is 1. The maximum Gasteiger partial charge on any atom is 0.315 e. The van der Waals surface area contributed by atoms with Gasteiger partial charge in [0.25, 0.3) is 0 Å². The number of amides is 2. The minimum atomic E-state index is -0.832. The van der Waals surface area contributed by atoms with Crippen LogP contribution in [0.25, 0.3) is 0 Å². The molecule has 1 atom stereocenters. The number of carbonyl (C=O) groups is 2. The molecule has 0 saturated heterocycles. The van der Waals surface area contributed by atoms with Gasteiger partial charge in [0.1, 0.15) is 0 Å². The number of rotatable bonds is 5. The maximum absolute atomic E-state index is 11.7. The van der Waals surface area contributed by atoms with E-state index in [4.69, 9.17) is 5.11 Å². The first-order chi connectivity index (χ1) is 8.10. The number of carboxylic acids is 1. The molecule has 0 radical (unpaired) electrons. The third-order valence-electron chi connectivity index (χ3n) is 4.58. The van der Waals surface area contributed by atoms with Crippen molar-refractivity contribution in [2.45, 2.75) is 47.1 Å². The number of nitrogens with one attached hydrogen (secondary N) is 2. The molecule has 5 heteroatoms. The topological polar surface area (TPSA) is 78.4 Å². The fourth-order valence-electron chi connectivity index (χ4n) is 2.27. The standard InChI is InChI=1S/C13H24N2O3/c1-8(9(16)17)6-7-14-11(18)15-10-12(2,3)13(10,4)5/h8,10H,6-7H2,1-5H3,(H,16,17)(H2,14,15,18). The Bertz CT molecular complexity index is 336. The lowest BCUT2D eigenvalue weighted by Crippen LogP contribution is -2.40. The average Bonchev–Trinajstić information content (AvgIpc) is 2.60. The lowest BCUT2D eigenvalue weighted by molar-refractivity contribution is -0.141. The SMILES string of the molecule is CC(CCNC(=O)NC1C(C)(C)C1(C)C)C(=O)O. The molecule has 1 saturated carbocycles. The molecule has 1 fully saturated rings. The van der Waals surface area contributed by atoms with Crippen molar-refractivity contribution in [3.05, 3.63) is 0 Å². The second-order valence-corrected chi connectivity index (χ2v) is 6.30. The second kappa shape index (κ2) is 4.78. The van der Waals surface area contributed by atoms with E-state index in [2.05, 4.69) is 38.3 Å². The van der Waals surface area contributed by atoms with Gasteiger partial charge in [-0.3, -0.25) is 4.79 Å². The Morgan fingerprint density at radius 2 is 1.72 bits per heavy atom. The van der Waals surface area contributed by atoms with Gasteiger partial charge in [0.15, 0.2) is 0 Å². The number of carboxylic acid groups (broad SMARTS) is 1. The molecule has 104 valence electrons. The van der Waals surface area contributed by atoms with E-state index in [1.165, 1.54) is 0 Å². The van der Waals surface area contributed by atoms with E-state index in [1.54, 1.807) is 6.92 Å². The van der Waals surface area contributed by atoms with Gasteiger partial charge in [-0.05, 0) is 17.3 Å². The highest BCUT2D eigenvalue weighted by molar-refractivity contribution is 5.75. The molecule has 0 bridgehead atoms. The highest BCUT2D eigenvalue weighted by Crippen LogP contribution is 2.62. The first-order valence-electron chi connectivity index (χ1n) is 6.38. The third-order valence-corrected chi connectivity index (χ3v) is 4.58. The van der Waals surface area contributed by atoms with Gasteiger partial charge in [0, 0.05) is 12.6 Å². The highest BCUT2D eigenvalue weighted by Gasteiger charge is 2.65. The average molecular weight is 256 g/mol. The normalized spacial score (nSPS) is 22.1. The van der Waals surface area contributed by atoms with Crippen LogP contribution in [-0.4, -0.2) is 29.7 Å². The molecule has 0 spiro atoms. The summed E-state index contributed by atoms with van der Waals surface area (Å²) in [5.74, 6) is -1.26. The number of carbonyl (C=O) groups excluding carboxylic acids is 1. The summed E-state index contributed by atoms with van der Waals surface area (Å²) in [6.07, 6.45) is 0.445. The van der Waals surface area contributed by atoms with Crippen molar-refractivity contribution in [2.24, 2.45) is 16.7 Å². The summed E-state index contributed by atoms with van der Waals surface area (Å²) >= 11 is 0. The summed E-state index contributed by atoms with van der Waals surface area (Å²) < 4.78 is 0. The summed E-state index contributed by atoms with van der Waals surface area (Å²) in [5.41, 5.74) is 0.220. The van der Waals surface area contributed by atoms with Crippen LogP contribution in [-0.2, 0) is 4.79 Å². The van der Waals surface area contributed by atoms with Gasteiger partial charge < -0.3 is 15.7 Å². The summed E-state index contributed by atoms with van der Waals surface area (Å²) in [6, 6.07) is -0.0434. The van der Waals surface area contributed by atoms with E-state index in [9.17, 15) is 9.59 Å². The summed E-state index contributed by atoms with van der Waals surface area (Å²) in [7, 11) is 0. The van der Waals surface area contributed by atoms with E-state index in [1.807, 2.05) is 0 Å². The van der Waals surface area contributed by atoms with Crippen LogP contribution in [0.5, 0.6) is 0 Å². The van der Waals surface area contributed by atoms with Crippen molar-refractivity contribution in [2.75, 3.05) is 6.54 Å². The highest BCUT2D eigenvalue weighted by atomic mass is 16.4. The minimum absolute atomic E-state index is 0.110. The van der Waals surface area contributed by atoms with Crippen LogP contribution in [0.15, 0.2) is 0 Å². The molecule has 0 aromatic carbocycles. The molecule has 1 unspecified atom stereocenters. The lowest BCUT2D eigenvalue weighted by atomic mass is 10.0. The number of urea groups is 1. The van der Waals surface area contributed by atoms with Crippen molar-refractivity contribution < 1.29 is 14.7 Å². The first-order valence-corrected chi connectivity index (χ1v) is 6.38. The van der Waals surface area contributed by atoms with Crippen molar-refractivity contribution in [3.8, 4) is 0 Å². The molecule has 0 aliphatic heterocycles. The lowest BCUT2D eigenvalue weighted by Gasteiger charge is -2.10. The quantitative estimate of drug-likeness (QED) is 0.702. The van der Waals surface area contributed by atoms with Crippen molar-refractivity contribution in [3.63, 3.8) is 0 Å². The fraction of sp³-hybridized carbons (Fsp3) is 0.846.